The maximum Gasteiger partial charge on any atom is 0.283 e. The van der Waals surface area contributed by atoms with Gasteiger partial charge in [-0.3, -0.25) is 4.79 Å². The Labute approximate surface area is 172 Å². The molecule has 0 aliphatic carbocycles. The minimum Gasteiger partial charge on any atom is -0.380 e. The van der Waals surface area contributed by atoms with Crippen LogP contribution < -0.4 is 4.80 Å². The minimum atomic E-state index is -0.290. The average Bonchev–Trinajstić information content (AvgIpc) is 3.29. The minimum absolute atomic E-state index is 0.290. The van der Waals surface area contributed by atoms with Crippen LogP contribution in [-0.2, 0) is 11.3 Å². The standard InChI is InChI=1S/C22H22N4O2S/c1-3-28-14-13-25-19-11-7-8-12-20(19)29-22(25)24-21(27)18-15-23-26(16(18)2)17-9-5-4-6-10-17/h4-12,15H,3,13-14H2,1-2H3. The Bertz CT molecular complexity index is 1200. The third-order valence-corrected chi connectivity index (χ3v) is 5.75. The summed E-state index contributed by atoms with van der Waals surface area (Å²) in [5.41, 5.74) is 3.24. The lowest BCUT2D eigenvalue weighted by Crippen LogP contribution is -2.19. The van der Waals surface area contributed by atoms with Gasteiger partial charge in [-0.25, -0.2) is 4.68 Å². The number of hydrogen-bond acceptors (Lipinski definition) is 4. The highest BCUT2D eigenvalue weighted by Crippen LogP contribution is 2.18. The van der Waals surface area contributed by atoms with Crippen LogP contribution in [0.2, 0.25) is 0 Å². The Balaban J connectivity index is 1.73. The number of hydrogen-bond donors (Lipinski definition) is 0. The van der Waals surface area contributed by atoms with Crippen molar-refractivity contribution < 1.29 is 9.53 Å². The molecule has 2 aromatic heterocycles. The molecule has 0 N–H and O–H groups in total. The van der Waals surface area contributed by atoms with Crippen LogP contribution in [0.3, 0.4) is 0 Å². The van der Waals surface area contributed by atoms with Gasteiger partial charge in [0.2, 0.25) is 0 Å². The summed E-state index contributed by atoms with van der Waals surface area (Å²) in [5, 5.41) is 4.39. The number of rotatable bonds is 6. The number of aromatic nitrogens is 3. The predicted molar refractivity (Wildman–Crippen MR) is 115 cm³/mol. The molecular formula is C22H22N4O2S. The second-order valence-corrected chi connectivity index (χ2v) is 7.52. The summed E-state index contributed by atoms with van der Waals surface area (Å²) in [6.45, 7) is 5.73. The molecule has 0 aliphatic heterocycles. The highest BCUT2D eigenvalue weighted by Gasteiger charge is 2.15. The first kappa shape index (κ1) is 19.3. The lowest BCUT2D eigenvalue weighted by atomic mass is 10.2. The molecule has 0 radical (unpaired) electrons. The van der Waals surface area contributed by atoms with Crippen molar-refractivity contribution in [3.63, 3.8) is 0 Å². The number of carbonyl (C=O) groups excluding carboxylic acids is 1. The first-order valence-electron chi connectivity index (χ1n) is 9.54. The molecule has 6 nitrogen and oxygen atoms in total. The summed E-state index contributed by atoms with van der Waals surface area (Å²) >= 11 is 1.51. The molecule has 0 atom stereocenters. The second kappa shape index (κ2) is 8.55. The highest BCUT2D eigenvalue weighted by atomic mass is 32.1. The van der Waals surface area contributed by atoms with Gasteiger partial charge in [0.25, 0.3) is 5.91 Å². The van der Waals surface area contributed by atoms with E-state index in [1.54, 1.807) is 10.9 Å². The van der Waals surface area contributed by atoms with Gasteiger partial charge in [-0.05, 0) is 38.1 Å². The van der Waals surface area contributed by atoms with Gasteiger partial charge >= 0.3 is 0 Å². The zero-order valence-electron chi connectivity index (χ0n) is 16.4. The van der Waals surface area contributed by atoms with Crippen LogP contribution in [0.1, 0.15) is 23.0 Å². The molecule has 4 rings (SSSR count). The van der Waals surface area contributed by atoms with Gasteiger partial charge in [0.15, 0.2) is 4.80 Å². The van der Waals surface area contributed by atoms with E-state index in [2.05, 4.69) is 10.1 Å². The summed E-state index contributed by atoms with van der Waals surface area (Å²) in [5.74, 6) is -0.290. The van der Waals surface area contributed by atoms with Crippen molar-refractivity contribution in [2.75, 3.05) is 13.2 Å². The molecule has 7 heteroatoms. The second-order valence-electron chi connectivity index (χ2n) is 6.51. The lowest BCUT2D eigenvalue weighted by Gasteiger charge is -2.05. The molecule has 0 spiro atoms. The summed E-state index contributed by atoms with van der Waals surface area (Å²) in [6, 6.07) is 17.8. The largest absolute Gasteiger partial charge is 0.380 e. The predicted octanol–water partition coefficient (Wildman–Crippen LogP) is 3.97. The van der Waals surface area contributed by atoms with E-state index in [-0.39, 0.29) is 5.91 Å². The third kappa shape index (κ3) is 3.92. The molecule has 29 heavy (non-hydrogen) atoms. The van der Waals surface area contributed by atoms with Crippen LogP contribution in [-0.4, -0.2) is 33.5 Å². The van der Waals surface area contributed by atoms with Crippen molar-refractivity contribution in [2.45, 2.75) is 20.4 Å². The number of benzene rings is 2. The summed E-state index contributed by atoms with van der Waals surface area (Å²) in [6.07, 6.45) is 1.59. The van der Waals surface area contributed by atoms with Crippen LogP contribution in [0.4, 0.5) is 0 Å². The fourth-order valence-corrected chi connectivity index (χ4v) is 4.27. The molecule has 0 saturated heterocycles. The first-order chi connectivity index (χ1) is 14.2. The number of ether oxygens (including phenoxy) is 1. The summed E-state index contributed by atoms with van der Waals surface area (Å²) < 4.78 is 10.4. The van der Waals surface area contributed by atoms with Crippen molar-refractivity contribution in [2.24, 2.45) is 4.99 Å². The third-order valence-electron chi connectivity index (χ3n) is 4.69. The summed E-state index contributed by atoms with van der Waals surface area (Å²) in [4.78, 5) is 18.1. The molecule has 2 aromatic carbocycles. The molecule has 0 bridgehead atoms. The van der Waals surface area contributed by atoms with Gasteiger partial charge < -0.3 is 9.30 Å². The number of nitrogens with zero attached hydrogens (tertiary/aromatic N) is 4. The fraction of sp³-hybridized carbons (Fsp3) is 0.227. The molecule has 1 amide bonds. The van der Waals surface area contributed by atoms with Crippen LogP contribution in [0.25, 0.3) is 15.9 Å². The number of fused-ring (bicyclic) bond motifs is 1. The Hall–Kier alpha value is -3.03. The first-order valence-corrected chi connectivity index (χ1v) is 10.4. The van der Waals surface area contributed by atoms with E-state index < -0.39 is 0 Å². The smallest absolute Gasteiger partial charge is 0.283 e. The van der Waals surface area contributed by atoms with E-state index in [9.17, 15) is 4.79 Å². The van der Waals surface area contributed by atoms with Crippen LogP contribution in [0.5, 0.6) is 0 Å². The number of para-hydroxylation sites is 2. The SMILES string of the molecule is CCOCCn1c(=NC(=O)c2cnn(-c3ccccc3)c2C)sc2ccccc21. The Kier molecular flexibility index (Phi) is 5.69. The Morgan fingerprint density at radius 3 is 2.69 bits per heavy atom. The van der Waals surface area contributed by atoms with E-state index in [4.69, 9.17) is 4.74 Å². The lowest BCUT2D eigenvalue weighted by molar-refractivity contribution is 0.0996. The fourth-order valence-electron chi connectivity index (χ4n) is 3.22. The molecule has 0 aliphatic rings. The van der Waals surface area contributed by atoms with E-state index >= 15 is 0 Å². The molecule has 148 valence electrons. The van der Waals surface area contributed by atoms with Crippen molar-refractivity contribution >= 4 is 27.5 Å². The van der Waals surface area contributed by atoms with Gasteiger partial charge in [-0.2, -0.15) is 10.1 Å². The topological polar surface area (TPSA) is 61.4 Å². The normalized spacial score (nSPS) is 12.0. The quantitative estimate of drug-likeness (QED) is 0.455. The van der Waals surface area contributed by atoms with Crippen LogP contribution in [0.15, 0.2) is 65.8 Å². The van der Waals surface area contributed by atoms with Crippen molar-refractivity contribution in [3.05, 3.63) is 76.9 Å². The molecule has 4 aromatic rings. The van der Waals surface area contributed by atoms with Crippen LogP contribution in [0, 0.1) is 6.92 Å². The van der Waals surface area contributed by atoms with E-state index in [1.165, 1.54) is 11.3 Å². The number of amides is 1. The maximum atomic E-state index is 13.0. The summed E-state index contributed by atoms with van der Waals surface area (Å²) in [7, 11) is 0. The highest BCUT2D eigenvalue weighted by molar-refractivity contribution is 7.16. The Morgan fingerprint density at radius 2 is 1.90 bits per heavy atom. The maximum absolute atomic E-state index is 13.0. The van der Waals surface area contributed by atoms with E-state index in [0.717, 1.165) is 21.6 Å². The van der Waals surface area contributed by atoms with Gasteiger partial charge in [0.1, 0.15) is 0 Å². The van der Waals surface area contributed by atoms with E-state index in [1.807, 2.05) is 73.0 Å². The zero-order chi connectivity index (χ0) is 20.2. The average molecular weight is 407 g/mol. The molecule has 0 unspecified atom stereocenters. The molecule has 0 saturated carbocycles. The van der Waals surface area contributed by atoms with Crippen molar-refractivity contribution in [3.8, 4) is 5.69 Å². The number of carbonyl (C=O) groups is 1. The van der Waals surface area contributed by atoms with Crippen molar-refractivity contribution in [1.29, 1.82) is 0 Å². The molecule has 0 fully saturated rings. The van der Waals surface area contributed by atoms with Crippen molar-refractivity contribution in [1.82, 2.24) is 14.3 Å². The molecule has 2 heterocycles. The zero-order valence-corrected chi connectivity index (χ0v) is 17.2. The van der Waals surface area contributed by atoms with E-state index in [0.29, 0.717) is 30.1 Å². The van der Waals surface area contributed by atoms with Gasteiger partial charge in [0, 0.05) is 13.2 Å². The van der Waals surface area contributed by atoms with Gasteiger partial charge in [0.05, 0.1) is 40.0 Å². The van der Waals surface area contributed by atoms with Gasteiger partial charge in [-0.15, -0.1) is 0 Å². The monoisotopic (exact) mass is 406 g/mol. The molecular weight excluding hydrogens is 384 g/mol. The number of thiazole rings is 1. The van der Waals surface area contributed by atoms with Gasteiger partial charge in [-0.1, -0.05) is 41.7 Å². The Morgan fingerprint density at radius 1 is 1.14 bits per heavy atom. The van der Waals surface area contributed by atoms with Crippen LogP contribution >= 0.6 is 11.3 Å².